The Morgan fingerprint density at radius 1 is 1.39 bits per heavy atom. The molecule has 0 unspecified atom stereocenters. The molecular formula is C17H20BrN3O2. The van der Waals surface area contributed by atoms with Gasteiger partial charge in [0.25, 0.3) is 5.91 Å². The summed E-state index contributed by atoms with van der Waals surface area (Å²) >= 11 is 3.47. The van der Waals surface area contributed by atoms with Crippen LogP contribution in [0.3, 0.4) is 0 Å². The number of hydrogen-bond donors (Lipinski definition) is 0. The van der Waals surface area contributed by atoms with Crippen molar-refractivity contribution in [2.45, 2.75) is 19.4 Å². The molecule has 0 aliphatic carbocycles. The highest BCUT2D eigenvalue weighted by molar-refractivity contribution is 9.10. The van der Waals surface area contributed by atoms with Gasteiger partial charge < -0.3 is 14.2 Å². The zero-order chi connectivity index (χ0) is 16.2. The second-order valence-electron chi connectivity index (χ2n) is 5.84. The summed E-state index contributed by atoms with van der Waals surface area (Å²) in [6.07, 6.45) is 7.69. The maximum atomic E-state index is 12.7. The Hall–Kier alpha value is -1.82. The van der Waals surface area contributed by atoms with Crippen LogP contribution in [0.2, 0.25) is 0 Å². The van der Waals surface area contributed by atoms with Gasteiger partial charge in [0.15, 0.2) is 0 Å². The highest BCUT2D eigenvalue weighted by Crippen LogP contribution is 2.26. The standard InChI is InChI=1S/C17H20BrN3O2/c1-23-14-2-3-16(18)15(10-14)17(22)21-7-4-13(5-8-21)11-20-9-6-19-12-20/h2-3,6,9-10,12-13H,4-5,7-8,11H2,1H3. The Labute approximate surface area is 144 Å². The van der Waals surface area contributed by atoms with E-state index in [1.54, 1.807) is 19.4 Å². The zero-order valence-electron chi connectivity index (χ0n) is 13.1. The van der Waals surface area contributed by atoms with Gasteiger partial charge in [0.2, 0.25) is 0 Å². The van der Waals surface area contributed by atoms with E-state index in [0.717, 1.165) is 36.9 Å². The third-order valence-electron chi connectivity index (χ3n) is 4.33. The highest BCUT2D eigenvalue weighted by Gasteiger charge is 2.25. The van der Waals surface area contributed by atoms with Gasteiger partial charge in [-0.05, 0) is 52.9 Å². The van der Waals surface area contributed by atoms with Crippen molar-refractivity contribution in [1.29, 1.82) is 0 Å². The summed E-state index contributed by atoms with van der Waals surface area (Å²) < 4.78 is 8.14. The van der Waals surface area contributed by atoms with E-state index < -0.39 is 0 Å². The second kappa shape index (κ2) is 7.17. The van der Waals surface area contributed by atoms with E-state index in [9.17, 15) is 4.79 Å². The predicted octanol–water partition coefficient (Wildman–Crippen LogP) is 3.21. The van der Waals surface area contributed by atoms with Gasteiger partial charge >= 0.3 is 0 Å². The second-order valence-corrected chi connectivity index (χ2v) is 6.70. The number of aromatic nitrogens is 2. The fraction of sp³-hybridized carbons (Fsp3) is 0.412. The molecule has 1 fully saturated rings. The number of halogens is 1. The first-order valence-electron chi connectivity index (χ1n) is 7.76. The molecule has 1 aliphatic rings. The van der Waals surface area contributed by atoms with Gasteiger partial charge in [-0.15, -0.1) is 0 Å². The summed E-state index contributed by atoms with van der Waals surface area (Å²) in [5.41, 5.74) is 0.664. The van der Waals surface area contributed by atoms with Gasteiger partial charge in [-0.3, -0.25) is 4.79 Å². The van der Waals surface area contributed by atoms with Gasteiger partial charge in [0, 0.05) is 36.5 Å². The van der Waals surface area contributed by atoms with Gasteiger partial charge in [-0.1, -0.05) is 0 Å². The maximum absolute atomic E-state index is 12.7. The van der Waals surface area contributed by atoms with Crippen LogP contribution in [0.15, 0.2) is 41.4 Å². The van der Waals surface area contributed by atoms with Crippen LogP contribution in [0.25, 0.3) is 0 Å². The van der Waals surface area contributed by atoms with Crippen LogP contribution >= 0.6 is 15.9 Å². The molecule has 6 heteroatoms. The minimum absolute atomic E-state index is 0.0665. The number of hydrogen-bond acceptors (Lipinski definition) is 3. The molecule has 3 rings (SSSR count). The molecule has 1 aromatic carbocycles. The molecule has 5 nitrogen and oxygen atoms in total. The van der Waals surface area contributed by atoms with Gasteiger partial charge in [0.1, 0.15) is 5.75 Å². The lowest BCUT2D eigenvalue weighted by Crippen LogP contribution is -2.39. The Kier molecular flexibility index (Phi) is 5.00. The van der Waals surface area contributed by atoms with Crippen molar-refractivity contribution < 1.29 is 9.53 Å². The molecule has 2 aromatic rings. The molecule has 2 heterocycles. The summed E-state index contributed by atoms with van der Waals surface area (Å²) in [6.45, 7) is 2.56. The van der Waals surface area contributed by atoms with Crippen LogP contribution in [0.5, 0.6) is 5.75 Å². The normalized spacial score (nSPS) is 15.7. The molecule has 1 aromatic heterocycles. The Bertz CT molecular complexity index is 664. The third kappa shape index (κ3) is 3.75. The number of nitrogens with zero attached hydrogens (tertiary/aromatic N) is 3. The molecule has 0 saturated carbocycles. The van der Waals surface area contributed by atoms with Gasteiger partial charge in [-0.2, -0.15) is 0 Å². The fourth-order valence-electron chi connectivity index (χ4n) is 2.98. The van der Waals surface area contributed by atoms with Crippen LogP contribution in [0, 0.1) is 5.92 Å². The maximum Gasteiger partial charge on any atom is 0.255 e. The van der Waals surface area contributed by atoms with Crippen molar-refractivity contribution in [1.82, 2.24) is 14.5 Å². The fourth-order valence-corrected chi connectivity index (χ4v) is 3.39. The van der Waals surface area contributed by atoms with Crippen LogP contribution in [-0.2, 0) is 6.54 Å². The van der Waals surface area contributed by atoms with Crippen LogP contribution < -0.4 is 4.74 Å². The van der Waals surface area contributed by atoms with Crippen molar-refractivity contribution in [2.75, 3.05) is 20.2 Å². The molecular weight excluding hydrogens is 358 g/mol. The van der Waals surface area contributed by atoms with Crippen molar-refractivity contribution in [3.63, 3.8) is 0 Å². The Morgan fingerprint density at radius 3 is 2.83 bits per heavy atom. The number of carbonyl (C=O) groups is 1. The SMILES string of the molecule is COc1ccc(Br)c(C(=O)N2CCC(Cn3ccnc3)CC2)c1. The summed E-state index contributed by atoms with van der Waals surface area (Å²) in [4.78, 5) is 18.7. The minimum Gasteiger partial charge on any atom is -0.497 e. The Balaban J connectivity index is 1.62. The molecule has 1 aliphatic heterocycles. The molecule has 0 N–H and O–H groups in total. The molecule has 0 atom stereocenters. The number of carbonyl (C=O) groups excluding carboxylic acids is 1. The number of likely N-dealkylation sites (tertiary alicyclic amines) is 1. The molecule has 1 saturated heterocycles. The van der Waals surface area contributed by atoms with Gasteiger partial charge in [-0.25, -0.2) is 4.98 Å². The number of benzene rings is 1. The minimum atomic E-state index is 0.0665. The number of ether oxygens (including phenoxy) is 1. The summed E-state index contributed by atoms with van der Waals surface area (Å²) in [7, 11) is 1.61. The van der Waals surface area contributed by atoms with Crippen molar-refractivity contribution in [2.24, 2.45) is 5.92 Å². The molecule has 122 valence electrons. The van der Waals surface area contributed by atoms with Crippen molar-refractivity contribution in [3.05, 3.63) is 47.0 Å². The number of amides is 1. The number of imidazole rings is 1. The molecule has 23 heavy (non-hydrogen) atoms. The lowest BCUT2D eigenvalue weighted by molar-refractivity contribution is 0.0681. The van der Waals surface area contributed by atoms with E-state index in [4.69, 9.17) is 4.74 Å². The first-order chi connectivity index (χ1) is 11.2. The molecule has 0 radical (unpaired) electrons. The van der Waals surface area contributed by atoms with E-state index >= 15 is 0 Å². The third-order valence-corrected chi connectivity index (χ3v) is 5.03. The number of methoxy groups -OCH3 is 1. The first-order valence-corrected chi connectivity index (χ1v) is 8.55. The van der Waals surface area contributed by atoms with E-state index in [-0.39, 0.29) is 5.91 Å². The first kappa shape index (κ1) is 16.1. The van der Waals surface area contributed by atoms with Gasteiger partial charge in [0.05, 0.1) is 19.0 Å². The van der Waals surface area contributed by atoms with Crippen molar-refractivity contribution in [3.8, 4) is 5.75 Å². The zero-order valence-corrected chi connectivity index (χ0v) is 14.7. The lowest BCUT2D eigenvalue weighted by Gasteiger charge is -2.32. The molecule has 0 spiro atoms. The molecule has 1 amide bonds. The molecule has 0 bridgehead atoms. The van der Waals surface area contributed by atoms with Crippen LogP contribution in [0.1, 0.15) is 23.2 Å². The van der Waals surface area contributed by atoms with E-state index in [1.807, 2.05) is 29.6 Å². The van der Waals surface area contributed by atoms with E-state index in [1.165, 1.54) is 0 Å². The van der Waals surface area contributed by atoms with Crippen molar-refractivity contribution >= 4 is 21.8 Å². The average molecular weight is 378 g/mol. The highest BCUT2D eigenvalue weighted by atomic mass is 79.9. The van der Waals surface area contributed by atoms with E-state index in [2.05, 4.69) is 25.5 Å². The van der Waals surface area contributed by atoms with Crippen LogP contribution in [0.4, 0.5) is 0 Å². The number of rotatable bonds is 4. The average Bonchev–Trinajstić information content (AvgIpc) is 3.08. The largest absolute Gasteiger partial charge is 0.497 e. The smallest absolute Gasteiger partial charge is 0.255 e. The summed E-state index contributed by atoms with van der Waals surface area (Å²) in [6, 6.07) is 5.50. The monoisotopic (exact) mass is 377 g/mol. The predicted molar refractivity (Wildman–Crippen MR) is 91.5 cm³/mol. The quantitative estimate of drug-likeness (QED) is 0.821. The Morgan fingerprint density at radius 2 is 2.17 bits per heavy atom. The number of piperidine rings is 1. The lowest BCUT2D eigenvalue weighted by atomic mass is 9.96. The summed E-state index contributed by atoms with van der Waals surface area (Å²) in [5, 5.41) is 0. The van der Waals surface area contributed by atoms with Crippen LogP contribution in [-0.4, -0.2) is 40.6 Å². The summed E-state index contributed by atoms with van der Waals surface area (Å²) in [5.74, 6) is 1.37. The topological polar surface area (TPSA) is 47.4 Å². The van der Waals surface area contributed by atoms with E-state index in [0.29, 0.717) is 17.2 Å².